The Morgan fingerprint density at radius 2 is 1.94 bits per heavy atom. The number of rotatable bonds is 3. The summed E-state index contributed by atoms with van der Waals surface area (Å²) in [4.78, 5) is 0. The topological polar surface area (TPSA) is 9.23 Å². The molecule has 96 valence electrons. The first-order chi connectivity index (χ1) is 7.75. The van der Waals surface area contributed by atoms with Gasteiger partial charge in [-0.3, -0.25) is 0 Å². The number of alkyl halides is 3. The summed E-state index contributed by atoms with van der Waals surface area (Å²) in [6, 6.07) is 3.25. The van der Waals surface area contributed by atoms with Crippen molar-refractivity contribution in [3.05, 3.63) is 28.3 Å². The predicted molar refractivity (Wildman–Crippen MR) is 69.4 cm³/mol. The minimum absolute atomic E-state index is 0.172. The second-order valence-electron chi connectivity index (χ2n) is 4.70. The zero-order chi connectivity index (χ0) is 13.2. The lowest BCUT2D eigenvalue weighted by Crippen LogP contribution is -2.13. The lowest BCUT2D eigenvalue weighted by atomic mass is 9.86. The molecule has 1 nitrogen and oxygen atoms in total. The Kier molecular flexibility index (Phi) is 4.78. The standard InChI is InChI=1S/C12H14BrClF2O/c1-12(2,3)8-5-10(17-11(15)16)7(6-13)4-9(8)14/h4-5,11H,6H2,1-3H3. The van der Waals surface area contributed by atoms with E-state index in [1.165, 1.54) is 0 Å². The lowest BCUT2D eigenvalue weighted by Gasteiger charge is -2.22. The molecule has 0 atom stereocenters. The van der Waals surface area contributed by atoms with Crippen LogP contribution in [0.25, 0.3) is 0 Å². The van der Waals surface area contributed by atoms with E-state index in [-0.39, 0.29) is 11.2 Å². The Hall–Kier alpha value is -0.350. The molecule has 0 spiro atoms. The maximum atomic E-state index is 12.3. The molecule has 5 heteroatoms. The van der Waals surface area contributed by atoms with Crippen molar-refractivity contribution < 1.29 is 13.5 Å². The van der Waals surface area contributed by atoms with Gasteiger partial charge in [0.1, 0.15) is 5.75 Å². The highest BCUT2D eigenvalue weighted by atomic mass is 79.9. The molecule has 0 bridgehead atoms. The summed E-state index contributed by atoms with van der Waals surface area (Å²) >= 11 is 9.36. The minimum Gasteiger partial charge on any atom is -0.435 e. The molecule has 0 amide bonds. The van der Waals surface area contributed by atoms with Crippen molar-refractivity contribution in [2.75, 3.05) is 0 Å². The molecule has 0 aliphatic rings. The van der Waals surface area contributed by atoms with Crippen LogP contribution in [0, 0.1) is 0 Å². The van der Waals surface area contributed by atoms with Crippen LogP contribution in [0.5, 0.6) is 5.75 Å². The third kappa shape index (κ3) is 3.81. The monoisotopic (exact) mass is 326 g/mol. The van der Waals surface area contributed by atoms with Gasteiger partial charge in [0, 0.05) is 15.9 Å². The molecule has 0 aliphatic heterocycles. The minimum atomic E-state index is -2.83. The molecule has 0 heterocycles. The van der Waals surface area contributed by atoms with Gasteiger partial charge in [-0.15, -0.1) is 0 Å². The molecule has 1 rings (SSSR count). The zero-order valence-corrected chi connectivity index (χ0v) is 12.2. The van der Waals surface area contributed by atoms with E-state index in [0.717, 1.165) is 5.56 Å². The van der Waals surface area contributed by atoms with E-state index in [1.54, 1.807) is 12.1 Å². The van der Waals surface area contributed by atoms with Gasteiger partial charge in [-0.2, -0.15) is 8.78 Å². The van der Waals surface area contributed by atoms with E-state index in [1.807, 2.05) is 20.8 Å². The van der Waals surface area contributed by atoms with Gasteiger partial charge in [-0.1, -0.05) is 48.3 Å². The van der Waals surface area contributed by atoms with E-state index in [9.17, 15) is 8.78 Å². The first-order valence-corrected chi connectivity index (χ1v) is 6.59. The van der Waals surface area contributed by atoms with Crippen LogP contribution in [0.4, 0.5) is 8.78 Å². The first-order valence-electron chi connectivity index (χ1n) is 5.09. The van der Waals surface area contributed by atoms with Crippen LogP contribution in [0.15, 0.2) is 12.1 Å². The van der Waals surface area contributed by atoms with Gasteiger partial charge in [-0.25, -0.2) is 0 Å². The lowest BCUT2D eigenvalue weighted by molar-refractivity contribution is -0.0503. The maximum absolute atomic E-state index is 12.3. The fraction of sp³-hybridized carbons (Fsp3) is 0.500. The number of hydrogen-bond donors (Lipinski definition) is 0. The summed E-state index contributed by atoms with van der Waals surface area (Å²) in [7, 11) is 0. The fourth-order valence-electron chi connectivity index (χ4n) is 1.48. The van der Waals surface area contributed by atoms with E-state index in [0.29, 0.717) is 15.9 Å². The summed E-state index contributed by atoms with van der Waals surface area (Å²) in [6.45, 7) is 3.07. The Balaban J connectivity index is 3.27. The second kappa shape index (κ2) is 5.53. The van der Waals surface area contributed by atoms with Gasteiger partial charge in [0.05, 0.1) is 0 Å². The SMILES string of the molecule is CC(C)(C)c1cc(OC(F)F)c(CBr)cc1Cl. The summed E-state index contributed by atoms with van der Waals surface area (Å²) in [5.74, 6) is 0.172. The average Bonchev–Trinajstić information content (AvgIpc) is 2.17. The molecule has 0 fully saturated rings. The van der Waals surface area contributed by atoms with E-state index < -0.39 is 6.61 Å². The van der Waals surface area contributed by atoms with Crippen molar-refractivity contribution in [1.29, 1.82) is 0 Å². The van der Waals surface area contributed by atoms with Crippen LogP contribution >= 0.6 is 27.5 Å². The Bertz CT molecular complexity index is 402. The summed E-state index contributed by atoms with van der Waals surface area (Å²) in [5, 5.41) is 0.979. The van der Waals surface area contributed by atoms with Crippen LogP contribution in [-0.4, -0.2) is 6.61 Å². The Morgan fingerprint density at radius 3 is 2.35 bits per heavy atom. The molecule has 0 N–H and O–H groups in total. The fourth-order valence-corrected chi connectivity index (χ4v) is 2.39. The van der Waals surface area contributed by atoms with Crippen LogP contribution in [-0.2, 0) is 10.7 Å². The predicted octanol–water partition coefficient (Wildman–Crippen LogP) is 5.13. The highest BCUT2D eigenvalue weighted by molar-refractivity contribution is 9.08. The molecular formula is C12H14BrClF2O. The third-order valence-electron chi connectivity index (χ3n) is 2.32. The third-order valence-corrected chi connectivity index (χ3v) is 3.24. The second-order valence-corrected chi connectivity index (χ2v) is 5.67. The maximum Gasteiger partial charge on any atom is 0.387 e. The van der Waals surface area contributed by atoms with E-state index in [4.69, 9.17) is 11.6 Å². The van der Waals surface area contributed by atoms with Crippen molar-refractivity contribution >= 4 is 27.5 Å². The van der Waals surface area contributed by atoms with Gasteiger partial charge in [0.25, 0.3) is 0 Å². The molecule has 1 aromatic rings. The van der Waals surface area contributed by atoms with Crippen LogP contribution in [0.1, 0.15) is 31.9 Å². The van der Waals surface area contributed by atoms with Crippen molar-refractivity contribution in [2.24, 2.45) is 0 Å². The van der Waals surface area contributed by atoms with E-state index >= 15 is 0 Å². The average molecular weight is 328 g/mol. The Labute approximate surface area is 113 Å². The van der Waals surface area contributed by atoms with Crippen molar-refractivity contribution in [2.45, 2.75) is 38.1 Å². The number of hydrogen-bond acceptors (Lipinski definition) is 1. The van der Waals surface area contributed by atoms with Gasteiger partial charge < -0.3 is 4.74 Å². The van der Waals surface area contributed by atoms with Crippen LogP contribution < -0.4 is 4.74 Å². The molecule has 1 aromatic carbocycles. The number of halogens is 4. The summed E-state index contributed by atoms with van der Waals surface area (Å²) in [5.41, 5.74) is 1.19. The molecule has 0 radical (unpaired) electrons. The van der Waals surface area contributed by atoms with Crippen LogP contribution in [0.3, 0.4) is 0 Å². The van der Waals surface area contributed by atoms with Crippen molar-refractivity contribution in [3.63, 3.8) is 0 Å². The molecule has 0 saturated carbocycles. The zero-order valence-electron chi connectivity index (χ0n) is 9.86. The molecule has 0 aromatic heterocycles. The largest absolute Gasteiger partial charge is 0.435 e. The molecule has 0 aliphatic carbocycles. The highest BCUT2D eigenvalue weighted by Gasteiger charge is 2.21. The quantitative estimate of drug-likeness (QED) is 0.699. The summed E-state index contributed by atoms with van der Waals surface area (Å²) in [6.07, 6.45) is 0. The number of ether oxygens (including phenoxy) is 1. The van der Waals surface area contributed by atoms with Gasteiger partial charge in [-0.05, 0) is 23.1 Å². The molecule has 0 unspecified atom stereocenters. The summed E-state index contributed by atoms with van der Waals surface area (Å²) < 4.78 is 29.1. The van der Waals surface area contributed by atoms with Gasteiger partial charge in [0.2, 0.25) is 0 Å². The smallest absolute Gasteiger partial charge is 0.387 e. The molecular weight excluding hydrogens is 313 g/mol. The molecule has 17 heavy (non-hydrogen) atoms. The van der Waals surface area contributed by atoms with Crippen molar-refractivity contribution in [3.8, 4) is 5.75 Å². The van der Waals surface area contributed by atoms with E-state index in [2.05, 4.69) is 20.7 Å². The van der Waals surface area contributed by atoms with Gasteiger partial charge in [0.15, 0.2) is 0 Å². The van der Waals surface area contributed by atoms with Gasteiger partial charge >= 0.3 is 6.61 Å². The highest BCUT2D eigenvalue weighted by Crippen LogP contribution is 2.36. The first kappa shape index (κ1) is 14.7. The van der Waals surface area contributed by atoms with Crippen molar-refractivity contribution in [1.82, 2.24) is 0 Å². The normalized spacial score (nSPS) is 12.0. The number of benzene rings is 1. The van der Waals surface area contributed by atoms with Crippen LogP contribution in [0.2, 0.25) is 5.02 Å². The molecule has 0 saturated heterocycles. The Morgan fingerprint density at radius 1 is 1.35 bits per heavy atom.